The van der Waals surface area contributed by atoms with Crippen molar-refractivity contribution in [1.29, 1.82) is 0 Å². The summed E-state index contributed by atoms with van der Waals surface area (Å²) in [5.74, 6) is -0.526. The van der Waals surface area contributed by atoms with Gasteiger partial charge in [-0.1, -0.05) is 6.58 Å². The summed E-state index contributed by atoms with van der Waals surface area (Å²) < 4.78 is 83.7. The standard InChI is InChI=1S/C30H39F3N8O6S/c1-8-27(42)36-22-16-23(26(46-6)17-24(22)41(4)13-12-40(2)3)37-28-20(30(31,32)33)18-34-29(39-28)38-21-10-9-19(15-25(21)45-5)47-14-11-35-48(7,43)44/h8-10,15-18,35H,1,11-14H2,2-7H3,(H,36,42)(H2,34,37,38,39). The lowest BCUT2D eigenvalue weighted by Gasteiger charge is -2.26. The molecule has 1 aromatic heterocycles. The van der Waals surface area contributed by atoms with Crippen LogP contribution in [-0.4, -0.2) is 97.1 Å². The van der Waals surface area contributed by atoms with Gasteiger partial charge in [-0.25, -0.2) is 18.1 Å². The van der Waals surface area contributed by atoms with Crippen molar-refractivity contribution < 1.29 is 40.6 Å². The van der Waals surface area contributed by atoms with E-state index in [4.69, 9.17) is 14.2 Å². The first-order valence-corrected chi connectivity index (χ1v) is 16.2. The molecule has 1 heterocycles. The molecule has 0 spiro atoms. The number of anilines is 6. The monoisotopic (exact) mass is 696 g/mol. The normalized spacial score (nSPS) is 11.5. The number of nitrogens with one attached hydrogen (secondary N) is 4. The van der Waals surface area contributed by atoms with E-state index in [1.807, 2.05) is 30.9 Å². The van der Waals surface area contributed by atoms with Crippen LogP contribution in [0.4, 0.5) is 47.7 Å². The molecule has 0 radical (unpaired) electrons. The maximum atomic E-state index is 14.1. The van der Waals surface area contributed by atoms with Crippen molar-refractivity contribution >= 4 is 50.4 Å². The number of amides is 1. The highest BCUT2D eigenvalue weighted by atomic mass is 32.2. The molecule has 2 aromatic carbocycles. The second kappa shape index (κ2) is 16.3. The number of ether oxygens (including phenoxy) is 3. The molecule has 0 unspecified atom stereocenters. The number of alkyl halides is 3. The van der Waals surface area contributed by atoms with Gasteiger partial charge in [0.05, 0.1) is 43.2 Å². The molecule has 1 amide bonds. The predicted molar refractivity (Wildman–Crippen MR) is 179 cm³/mol. The number of carbonyl (C=O) groups excluding carboxylic acids is 1. The van der Waals surface area contributed by atoms with Gasteiger partial charge in [0.25, 0.3) is 0 Å². The largest absolute Gasteiger partial charge is 0.494 e. The van der Waals surface area contributed by atoms with E-state index >= 15 is 0 Å². The lowest BCUT2D eigenvalue weighted by atomic mass is 10.1. The highest BCUT2D eigenvalue weighted by Gasteiger charge is 2.36. The fourth-order valence-electron chi connectivity index (χ4n) is 4.16. The van der Waals surface area contributed by atoms with Gasteiger partial charge in [0.2, 0.25) is 21.9 Å². The number of benzene rings is 2. The average Bonchev–Trinajstić information content (AvgIpc) is 3.01. The Kier molecular flexibility index (Phi) is 12.8. The third-order valence-corrected chi connectivity index (χ3v) is 7.29. The summed E-state index contributed by atoms with van der Waals surface area (Å²) in [5.41, 5.74) is 0.0896. The number of hydrogen-bond donors (Lipinski definition) is 4. The number of sulfonamides is 1. The molecule has 3 rings (SSSR count). The predicted octanol–water partition coefficient (Wildman–Crippen LogP) is 4.05. The summed E-state index contributed by atoms with van der Waals surface area (Å²) in [4.78, 5) is 24.1. The Balaban J connectivity index is 1.98. The van der Waals surface area contributed by atoms with Crippen LogP contribution in [0.1, 0.15) is 5.56 Å². The zero-order chi connectivity index (χ0) is 35.6. The molecule has 48 heavy (non-hydrogen) atoms. The van der Waals surface area contributed by atoms with Crippen molar-refractivity contribution in [1.82, 2.24) is 19.6 Å². The minimum atomic E-state index is -4.83. The molecule has 0 atom stereocenters. The minimum absolute atomic E-state index is 0.0375. The van der Waals surface area contributed by atoms with E-state index in [1.54, 1.807) is 12.1 Å². The van der Waals surface area contributed by atoms with Crippen LogP contribution in [-0.2, 0) is 21.0 Å². The maximum Gasteiger partial charge on any atom is 0.421 e. The number of nitrogens with zero attached hydrogens (tertiary/aromatic N) is 4. The highest BCUT2D eigenvalue weighted by molar-refractivity contribution is 7.88. The molecule has 3 aromatic rings. The summed E-state index contributed by atoms with van der Waals surface area (Å²) in [6, 6.07) is 7.64. The number of methoxy groups -OCH3 is 2. The molecule has 14 nitrogen and oxygen atoms in total. The van der Waals surface area contributed by atoms with Gasteiger partial charge < -0.3 is 40.0 Å². The molecule has 18 heteroatoms. The van der Waals surface area contributed by atoms with Gasteiger partial charge in [0, 0.05) is 45.0 Å². The Morgan fingerprint density at radius 3 is 2.29 bits per heavy atom. The third kappa shape index (κ3) is 10.9. The Labute approximate surface area is 277 Å². The first-order valence-electron chi connectivity index (χ1n) is 14.3. The van der Waals surface area contributed by atoms with E-state index in [0.29, 0.717) is 42.1 Å². The first-order chi connectivity index (χ1) is 22.5. The van der Waals surface area contributed by atoms with Crippen molar-refractivity contribution in [3.05, 3.63) is 54.7 Å². The Morgan fingerprint density at radius 1 is 1.00 bits per heavy atom. The summed E-state index contributed by atoms with van der Waals surface area (Å²) in [6.07, 6.45) is -2.09. The number of hydrogen-bond acceptors (Lipinski definition) is 12. The third-order valence-electron chi connectivity index (χ3n) is 6.56. The summed E-state index contributed by atoms with van der Waals surface area (Å²) in [6.45, 7) is 4.81. The van der Waals surface area contributed by atoms with Crippen molar-refractivity contribution in [2.24, 2.45) is 0 Å². The number of halogens is 3. The molecular formula is C30H39F3N8O6S. The fourth-order valence-corrected chi connectivity index (χ4v) is 4.61. The lowest BCUT2D eigenvalue weighted by molar-refractivity contribution is -0.137. The molecule has 0 aliphatic carbocycles. The van der Waals surface area contributed by atoms with Crippen molar-refractivity contribution in [2.45, 2.75) is 6.18 Å². The summed E-state index contributed by atoms with van der Waals surface area (Å²) in [7, 11) is 5.00. The Bertz CT molecular complexity index is 1710. The Hall–Kier alpha value is -4.81. The van der Waals surface area contributed by atoms with Crippen LogP contribution >= 0.6 is 0 Å². The van der Waals surface area contributed by atoms with Crippen LogP contribution in [0.5, 0.6) is 17.2 Å². The zero-order valence-electron chi connectivity index (χ0n) is 27.4. The molecule has 262 valence electrons. The van der Waals surface area contributed by atoms with Gasteiger partial charge in [0.15, 0.2) is 0 Å². The molecule has 0 aliphatic rings. The van der Waals surface area contributed by atoms with Crippen LogP contribution in [0, 0.1) is 0 Å². The first kappa shape index (κ1) is 37.6. The summed E-state index contributed by atoms with van der Waals surface area (Å²) >= 11 is 0. The number of aromatic nitrogens is 2. The minimum Gasteiger partial charge on any atom is -0.494 e. The number of rotatable bonds is 17. The van der Waals surface area contributed by atoms with Crippen LogP contribution in [0.2, 0.25) is 0 Å². The zero-order valence-corrected chi connectivity index (χ0v) is 28.2. The molecule has 0 bridgehead atoms. The van der Waals surface area contributed by atoms with E-state index in [2.05, 4.69) is 37.2 Å². The van der Waals surface area contributed by atoms with Crippen LogP contribution < -0.4 is 39.8 Å². The SMILES string of the molecule is C=CC(=O)Nc1cc(Nc2nc(Nc3ccc(OCCNS(C)(=O)=O)cc3OC)ncc2C(F)(F)F)c(OC)cc1N(C)CCN(C)C. The molecular weight excluding hydrogens is 657 g/mol. The molecule has 4 N–H and O–H groups in total. The smallest absolute Gasteiger partial charge is 0.421 e. The Morgan fingerprint density at radius 2 is 1.69 bits per heavy atom. The van der Waals surface area contributed by atoms with Crippen molar-refractivity contribution in [3.8, 4) is 17.2 Å². The molecule has 0 aliphatic heterocycles. The van der Waals surface area contributed by atoms with E-state index in [0.717, 1.165) is 12.3 Å². The van der Waals surface area contributed by atoms with Crippen LogP contribution in [0.25, 0.3) is 0 Å². The second-order valence-electron chi connectivity index (χ2n) is 10.6. The molecule has 0 saturated carbocycles. The van der Waals surface area contributed by atoms with Gasteiger partial charge in [-0.05, 0) is 38.4 Å². The van der Waals surface area contributed by atoms with Gasteiger partial charge in [-0.15, -0.1) is 0 Å². The van der Waals surface area contributed by atoms with Gasteiger partial charge in [-0.3, -0.25) is 4.79 Å². The topological polar surface area (TPSA) is 159 Å². The van der Waals surface area contributed by atoms with E-state index in [9.17, 15) is 26.4 Å². The van der Waals surface area contributed by atoms with Crippen LogP contribution in [0.3, 0.4) is 0 Å². The lowest BCUT2D eigenvalue weighted by Crippen LogP contribution is -2.29. The summed E-state index contributed by atoms with van der Waals surface area (Å²) in [5, 5.41) is 8.27. The fraction of sp³-hybridized carbons (Fsp3) is 0.367. The van der Waals surface area contributed by atoms with E-state index < -0.39 is 33.5 Å². The second-order valence-corrected chi connectivity index (χ2v) is 12.4. The van der Waals surface area contributed by atoms with Gasteiger partial charge >= 0.3 is 6.18 Å². The van der Waals surface area contributed by atoms with Crippen molar-refractivity contribution in [3.63, 3.8) is 0 Å². The number of likely N-dealkylation sites (N-methyl/N-ethyl adjacent to an activating group) is 2. The average molecular weight is 697 g/mol. The maximum absolute atomic E-state index is 14.1. The van der Waals surface area contributed by atoms with Crippen molar-refractivity contribution in [2.75, 3.05) is 88.7 Å². The van der Waals surface area contributed by atoms with E-state index in [-0.39, 0.29) is 36.3 Å². The van der Waals surface area contributed by atoms with Gasteiger partial charge in [-0.2, -0.15) is 18.2 Å². The molecule has 0 saturated heterocycles. The number of carbonyl (C=O) groups is 1. The quantitative estimate of drug-likeness (QED) is 0.119. The molecule has 0 fully saturated rings. The van der Waals surface area contributed by atoms with Crippen LogP contribution in [0.15, 0.2) is 49.2 Å². The van der Waals surface area contributed by atoms with E-state index in [1.165, 1.54) is 32.4 Å². The highest BCUT2D eigenvalue weighted by Crippen LogP contribution is 2.41. The van der Waals surface area contributed by atoms with Gasteiger partial charge in [0.1, 0.15) is 35.2 Å².